The lowest BCUT2D eigenvalue weighted by atomic mass is 10.1. The SMILES string of the molecule is CC(C)[C@H](CO)Nc1nc(NCc2cccc(Br)c2)cc(C2CC2)n1. The van der Waals surface area contributed by atoms with Crippen molar-refractivity contribution in [3.63, 3.8) is 0 Å². The molecule has 2 aromatic rings. The van der Waals surface area contributed by atoms with Crippen LogP contribution in [-0.4, -0.2) is 27.7 Å². The number of aliphatic hydroxyl groups excluding tert-OH is 1. The minimum absolute atomic E-state index is 0.0487. The lowest BCUT2D eigenvalue weighted by Crippen LogP contribution is -2.30. The summed E-state index contributed by atoms with van der Waals surface area (Å²) in [4.78, 5) is 9.25. The second-order valence-electron chi connectivity index (χ2n) is 6.94. The molecule has 134 valence electrons. The van der Waals surface area contributed by atoms with Gasteiger partial charge in [-0.15, -0.1) is 0 Å². The summed E-state index contributed by atoms with van der Waals surface area (Å²) in [7, 11) is 0. The Morgan fingerprint density at radius 3 is 2.68 bits per heavy atom. The summed E-state index contributed by atoms with van der Waals surface area (Å²) in [6, 6.07) is 10.2. The molecule has 5 nitrogen and oxygen atoms in total. The van der Waals surface area contributed by atoms with Gasteiger partial charge in [0.15, 0.2) is 0 Å². The number of nitrogens with zero attached hydrogens (tertiary/aromatic N) is 2. The highest BCUT2D eigenvalue weighted by Crippen LogP contribution is 2.40. The van der Waals surface area contributed by atoms with E-state index >= 15 is 0 Å². The summed E-state index contributed by atoms with van der Waals surface area (Å²) < 4.78 is 1.07. The molecule has 1 aromatic heterocycles. The van der Waals surface area contributed by atoms with Gasteiger partial charge in [-0.3, -0.25) is 0 Å². The molecule has 1 fully saturated rings. The highest BCUT2D eigenvalue weighted by atomic mass is 79.9. The molecular weight excluding hydrogens is 380 g/mol. The molecule has 3 N–H and O–H groups in total. The molecule has 3 rings (SSSR count). The molecule has 1 atom stereocenters. The van der Waals surface area contributed by atoms with Crippen molar-refractivity contribution in [2.45, 2.75) is 45.2 Å². The van der Waals surface area contributed by atoms with E-state index in [4.69, 9.17) is 0 Å². The van der Waals surface area contributed by atoms with Crippen LogP contribution in [0.3, 0.4) is 0 Å². The first-order chi connectivity index (χ1) is 12.0. The zero-order valence-corrected chi connectivity index (χ0v) is 16.3. The standard InChI is InChI=1S/C19H25BrN4O/c1-12(2)17(11-25)23-19-22-16(14-6-7-14)9-18(24-19)21-10-13-4-3-5-15(20)8-13/h3-5,8-9,12,14,17,25H,6-7,10-11H2,1-2H3,(H2,21,22,23,24)/t17-/m0/s1. The van der Waals surface area contributed by atoms with E-state index in [9.17, 15) is 5.11 Å². The third kappa shape index (κ3) is 5.16. The van der Waals surface area contributed by atoms with Crippen molar-refractivity contribution in [3.8, 4) is 0 Å². The smallest absolute Gasteiger partial charge is 0.225 e. The monoisotopic (exact) mass is 404 g/mol. The summed E-state index contributed by atoms with van der Waals surface area (Å²) >= 11 is 3.50. The van der Waals surface area contributed by atoms with Crippen molar-refractivity contribution in [2.75, 3.05) is 17.2 Å². The average molecular weight is 405 g/mol. The molecule has 0 bridgehead atoms. The summed E-state index contributed by atoms with van der Waals surface area (Å²) in [6.45, 7) is 4.92. The minimum Gasteiger partial charge on any atom is -0.394 e. The van der Waals surface area contributed by atoms with Crippen LogP contribution < -0.4 is 10.6 Å². The van der Waals surface area contributed by atoms with E-state index < -0.39 is 0 Å². The zero-order chi connectivity index (χ0) is 17.8. The number of hydrogen-bond acceptors (Lipinski definition) is 5. The van der Waals surface area contributed by atoms with Crippen LogP contribution in [0.15, 0.2) is 34.8 Å². The zero-order valence-electron chi connectivity index (χ0n) is 14.7. The normalized spacial score (nSPS) is 15.2. The maximum Gasteiger partial charge on any atom is 0.225 e. The van der Waals surface area contributed by atoms with E-state index in [0.717, 1.165) is 16.0 Å². The first-order valence-corrected chi connectivity index (χ1v) is 9.59. The van der Waals surface area contributed by atoms with Gasteiger partial charge in [-0.05, 0) is 36.5 Å². The second-order valence-corrected chi connectivity index (χ2v) is 7.85. The number of halogens is 1. The van der Waals surface area contributed by atoms with Crippen LogP contribution in [0.1, 0.15) is 43.9 Å². The molecule has 25 heavy (non-hydrogen) atoms. The van der Waals surface area contributed by atoms with Crippen LogP contribution in [0.25, 0.3) is 0 Å². The van der Waals surface area contributed by atoms with Crippen molar-refractivity contribution in [1.82, 2.24) is 9.97 Å². The predicted molar refractivity (Wildman–Crippen MR) is 105 cm³/mol. The molecule has 0 aliphatic heterocycles. The van der Waals surface area contributed by atoms with Crippen LogP contribution in [0.2, 0.25) is 0 Å². The number of nitrogens with one attached hydrogen (secondary N) is 2. The molecule has 0 unspecified atom stereocenters. The van der Waals surface area contributed by atoms with Crippen molar-refractivity contribution in [2.24, 2.45) is 5.92 Å². The van der Waals surface area contributed by atoms with Gasteiger partial charge in [-0.1, -0.05) is 41.9 Å². The molecule has 1 aliphatic rings. The maximum absolute atomic E-state index is 9.56. The Kier molecular flexibility index (Phi) is 5.91. The van der Waals surface area contributed by atoms with Gasteiger partial charge in [0.25, 0.3) is 0 Å². The topological polar surface area (TPSA) is 70.1 Å². The van der Waals surface area contributed by atoms with Gasteiger partial charge >= 0.3 is 0 Å². The summed E-state index contributed by atoms with van der Waals surface area (Å²) in [5, 5.41) is 16.2. The van der Waals surface area contributed by atoms with Gasteiger partial charge in [0.05, 0.1) is 18.3 Å². The largest absolute Gasteiger partial charge is 0.394 e. The molecule has 0 saturated heterocycles. The number of aromatic nitrogens is 2. The molecule has 1 saturated carbocycles. The highest BCUT2D eigenvalue weighted by Gasteiger charge is 2.26. The third-order valence-electron chi connectivity index (χ3n) is 4.42. The number of rotatable bonds is 8. The molecule has 0 radical (unpaired) electrons. The quantitative estimate of drug-likeness (QED) is 0.616. The van der Waals surface area contributed by atoms with Crippen LogP contribution in [-0.2, 0) is 6.54 Å². The Labute approximate surface area is 157 Å². The summed E-state index contributed by atoms with van der Waals surface area (Å²) in [5.74, 6) is 2.26. The van der Waals surface area contributed by atoms with Gasteiger partial charge in [0.1, 0.15) is 5.82 Å². The molecule has 1 heterocycles. The average Bonchev–Trinajstić information content (AvgIpc) is 3.42. The Morgan fingerprint density at radius 2 is 2.04 bits per heavy atom. The number of anilines is 2. The minimum atomic E-state index is -0.0487. The van der Waals surface area contributed by atoms with E-state index in [1.807, 2.05) is 18.2 Å². The predicted octanol–water partition coefficient (Wildman–Crippen LogP) is 4.16. The highest BCUT2D eigenvalue weighted by molar-refractivity contribution is 9.10. The van der Waals surface area contributed by atoms with Gasteiger partial charge in [-0.2, -0.15) is 4.98 Å². The van der Waals surface area contributed by atoms with Crippen LogP contribution in [0, 0.1) is 5.92 Å². The van der Waals surface area contributed by atoms with Crippen molar-refractivity contribution in [3.05, 3.63) is 46.1 Å². The summed E-state index contributed by atoms with van der Waals surface area (Å²) in [6.07, 6.45) is 2.38. The molecular formula is C19H25BrN4O. The maximum atomic E-state index is 9.56. The molecule has 6 heteroatoms. The van der Waals surface area contributed by atoms with E-state index in [1.54, 1.807) is 0 Å². The Hall–Kier alpha value is -1.66. The van der Waals surface area contributed by atoms with E-state index in [1.165, 1.54) is 18.4 Å². The number of aliphatic hydroxyl groups is 1. The fourth-order valence-electron chi connectivity index (χ4n) is 2.64. The fourth-order valence-corrected chi connectivity index (χ4v) is 3.08. The summed E-state index contributed by atoms with van der Waals surface area (Å²) in [5.41, 5.74) is 2.26. The van der Waals surface area contributed by atoms with E-state index in [2.05, 4.69) is 62.5 Å². The van der Waals surface area contributed by atoms with Gasteiger partial charge in [0, 0.05) is 23.0 Å². The van der Waals surface area contributed by atoms with Gasteiger partial charge < -0.3 is 15.7 Å². The van der Waals surface area contributed by atoms with Crippen molar-refractivity contribution < 1.29 is 5.11 Å². The molecule has 0 spiro atoms. The second kappa shape index (κ2) is 8.15. The Balaban J connectivity index is 1.75. The van der Waals surface area contributed by atoms with Crippen molar-refractivity contribution in [1.29, 1.82) is 0 Å². The first-order valence-electron chi connectivity index (χ1n) is 8.80. The Bertz CT molecular complexity index is 718. The molecule has 1 aliphatic carbocycles. The van der Waals surface area contributed by atoms with Crippen molar-refractivity contribution >= 4 is 27.7 Å². The van der Waals surface area contributed by atoms with E-state index in [-0.39, 0.29) is 12.6 Å². The van der Waals surface area contributed by atoms with Gasteiger partial charge in [-0.25, -0.2) is 4.98 Å². The lowest BCUT2D eigenvalue weighted by Gasteiger charge is -2.20. The first kappa shape index (κ1) is 18.1. The fraction of sp³-hybridized carbons (Fsp3) is 0.474. The number of hydrogen-bond donors (Lipinski definition) is 3. The van der Waals surface area contributed by atoms with E-state index in [0.29, 0.717) is 24.3 Å². The van der Waals surface area contributed by atoms with Crippen LogP contribution >= 0.6 is 15.9 Å². The third-order valence-corrected chi connectivity index (χ3v) is 4.91. The lowest BCUT2D eigenvalue weighted by molar-refractivity contribution is 0.248. The molecule has 1 aromatic carbocycles. The van der Waals surface area contributed by atoms with Crippen LogP contribution in [0.4, 0.5) is 11.8 Å². The number of benzene rings is 1. The van der Waals surface area contributed by atoms with Gasteiger partial charge in [0.2, 0.25) is 5.95 Å². The Morgan fingerprint density at radius 1 is 1.24 bits per heavy atom. The van der Waals surface area contributed by atoms with Crippen LogP contribution in [0.5, 0.6) is 0 Å². The molecule has 0 amide bonds.